The first kappa shape index (κ1) is 14.1. The average molecular weight is 225 g/mol. The number of nitrogens with one attached hydrogen (secondary N) is 2. The number of halogens is 3. The summed E-state index contributed by atoms with van der Waals surface area (Å²) in [4.78, 5) is 3.81. The van der Waals surface area contributed by atoms with Gasteiger partial charge in [-0.05, 0) is 6.42 Å². The van der Waals surface area contributed by atoms with Crippen molar-refractivity contribution in [1.29, 1.82) is 0 Å². The van der Waals surface area contributed by atoms with Crippen LogP contribution in [0.3, 0.4) is 0 Å². The quantitative estimate of drug-likeness (QED) is 0.426. The molecule has 0 aliphatic rings. The summed E-state index contributed by atoms with van der Waals surface area (Å²) in [6, 6.07) is 0. The lowest BCUT2D eigenvalue weighted by Crippen LogP contribution is -2.39. The molecule has 0 saturated carbocycles. The molecule has 0 rings (SSSR count). The van der Waals surface area contributed by atoms with E-state index in [-0.39, 0.29) is 6.54 Å². The first-order valence-electron chi connectivity index (χ1n) is 5.01. The van der Waals surface area contributed by atoms with Gasteiger partial charge in [-0.1, -0.05) is 13.3 Å². The summed E-state index contributed by atoms with van der Waals surface area (Å²) in [7, 11) is 1.54. The molecule has 6 heteroatoms. The predicted molar refractivity (Wildman–Crippen MR) is 54.9 cm³/mol. The number of nitrogens with zero attached hydrogens (tertiary/aromatic N) is 1. The number of rotatable bonds is 5. The summed E-state index contributed by atoms with van der Waals surface area (Å²) in [5, 5.41) is 5.53. The minimum Gasteiger partial charge on any atom is -0.356 e. The molecule has 0 atom stereocenters. The summed E-state index contributed by atoms with van der Waals surface area (Å²) in [6.45, 7) is 2.62. The van der Waals surface area contributed by atoms with Crippen molar-refractivity contribution in [2.24, 2.45) is 4.99 Å². The van der Waals surface area contributed by atoms with E-state index in [9.17, 15) is 13.2 Å². The van der Waals surface area contributed by atoms with Crippen molar-refractivity contribution in [2.45, 2.75) is 32.4 Å². The van der Waals surface area contributed by atoms with Crippen LogP contribution in [0.1, 0.15) is 26.2 Å². The van der Waals surface area contributed by atoms with Gasteiger partial charge in [-0.3, -0.25) is 4.99 Å². The SMILES string of the molecule is CCCCNC(=NC)NCCC(F)(F)F. The summed E-state index contributed by atoms with van der Waals surface area (Å²) in [6.07, 6.45) is -2.96. The van der Waals surface area contributed by atoms with Crippen LogP contribution >= 0.6 is 0 Å². The Hall–Kier alpha value is -0.940. The Morgan fingerprint density at radius 3 is 2.27 bits per heavy atom. The Bertz CT molecular complexity index is 190. The van der Waals surface area contributed by atoms with E-state index in [1.807, 2.05) is 6.92 Å². The zero-order valence-electron chi connectivity index (χ0n) is 9.12. The highest BCUT2D eigenvalue weighted by Gasteiger charge is 2.26. The topological polar surface area (TPSA) is 36.4 Å². The summed E-state index contributed by atoms with van der Waals surface area (Å²) >= 11 is 0. The molecule has 0 unspecified atom stereocenters. The maximum atomic E-state index is 11.8. The van der Waals surface area contributed by atoms with Gasteiger partial charge in [0.2, 0.25) is 0 Å². The molecular formula is C9H18F3N3. The fraction of sp³-hybridized carbons (Fsp3) is 0.889. The summed E-state index contributed by atoms with van der Waals surface area (Å²) in [5.41, 5.74) is 0. The Labute approximate surface area is 88.2 Å². The molecule has 0 aliphatic carbocycles. The highest BCUT2D eigenvalue weighted by atomic mass is 19.4. The van der Waals surface area contributed by atoms with Crippen LogP contribution in [0.5, 0.6) is 0 Å². The van der Waals surface area contributed by atoms with Gasteiger partial charge in [0.25, 0.3) is 0 Å². The number of guanidine groups is 1. The number of unbranched alkanes of at least 4 members (excludes halogenated alkanes) is 1. The average Bonchev–Trinajstić information content (AvgIpc) is 2.14. The van der Waals surface area contributed by atoms with Crippen LogP contribution in [0.15, 0.2) is 4.99 Å². The van der Waals surface area contributed by atoms with Crippen LogP contribution in [-0.2, 0) is 0 Å². The summed E-state index contributed by atoms with van der Waals surface area (Å²) < 4.78 is 35.4. The Balaban J connectivity index is 3.63. The molecule has 0 fully saturated rings. The van der Waals surface area contributed by atoms with Crippen LogP contribution in [0.25, 0.3) is 0 Å². The van der Waals surface area contributed by atoms with E-state index < -0.39 is 12.6 Å². The fourth-order valence-electron chi connectivity index (χ4n) is 0.927. The minimum absolute atomic E-state index is 0.144. The molecule has 0 aromatic heterocycles. The molecule has 3 nitrogen and oxygen atoms in total. The van der Waals surface area contributed by atoms with Crippen LogP contribution in [0.2, 0.25) is 0 Å². The molecule has 0 bridgehead atoms. The minimum atomic E-state index is -4.12. The van der Waals surface area contributed by atoms with Crippen LogP contribution in [0, 0.1) is 0 Å². The van der Waals surface area contributed by atoms with Gasteiger partial charge in [0.05, 0.1) is 6.42 Å². The van der Waals surface area contributed by atoms with E-state index in [1.165, 1.54) is 7.05 Å². The molecule has 0 aromatic carbocycles. The molecule has 0 spiro atoms. The van der Waals surface area contributed by atoms with Gasteiger partial charge in [0, 0.05) is 20.1 Å². The highest BCUT2D eigenvalue weighted by Crippen LogP contribution is 2.17. The zero-order valence-corrected chi connectivity index (χ0v) is 9.12. The van der Waals surface area contributed by atoms with Gasteiger partial charge in [0.1, 0.15) is 0 Å². The number of alkyl halides is 3. The standard InChI is InChI=1S/C9H18F3N3/c1-3-4-6-14-8(13-2)15-7-5-9(10,11)12/h3-7H2,1-2H3,(H2,13,14,15). The van der Waals surface area contributed by atoms with Crippen molar-refractivity contribution < 1.29 is 13.2 Å². The van der Waals surface area contributed by atoms with Gasteiger partial charge in [-0.25, -0.2) is 0 Å². The molecule has 15 heavy (non-hydrogen) atoms. The van der Waals surface area contributed by atoms with Crippen molar-refractivity contribution in [1.82, 2.24) is 10.6 Å². The van der Waals surface area contributed by atoms with Crippen molar-refractivity contribution in [2.75, 3.05) is 20.1 Å². The van der Waals surface area contributed by atoms with Gasteiger partial charge in [-0.15, -0.1) is 0 Å². The normalized spacial score (nSPS) is 12.7. The number of aliphatic imine (C=N–C) groups is 1. The van der Waals surface area contributed by atoms with Crippen LogP contribution < -0.4 is 10.6 Å². The first-order valence-corrected chi connectivity index (χ1v) is 5.01. The lowest BCUT2D eigenvalue weighted by Gasteiger charge is -2.12. The molecule has 90 valence electrons. The predicted octanol–water partition coefficient (Wildman–Crippen LogP) is 1.90. The van der Waals surface area contributed by atoms with E-state index in [0.29, 0.717) is 5.96 Å². The van der Waals surface area contributed by atoms with Crippen molar-refractivity contribution in [3.63, 3.8) is 0 Å². The van der Waals surface area contributed by atoms with Gasteiger partial charge in [0.15, 0.2) is 5.96 Å². The molecular weight excluding hydrogens is 207 g/mol. The molecule has 0 saturated heterocycles. The second-order valence-electron chi connectivity index (χ2n) is 3.14. The highest BCUT2D eigenvalue weighted by molar-refractivity contribution is 5.79. The van der Waals surface area contributed by atoms with E-state index in [0.717, 1.165) is 19.4 Å². The number of hydrogen-bond acceptors (Lipinski definition) is 1. The summed E-state index contributed by atoms with van der Waals surface area (Å²) in [5.74, 6) is 0.424. The zero-order chi connectivity index (χ0) is 11.7. The largest absolute Gasteiger partial charge is 0.390 e. The Morgan fingerprint density at radius 1 is 1.20 bits per heavy atom. The Kier molecular flexibility index (Phi) is 6.90. The monoisotopic (exact) mass is 225 g/mol. The van der Waals surface area contributed by atoms with Gasteiger partial charge in [-0.2, -0.15) is 13.2 Å². The molecule has 2 N–H and O–H groups in total. The first-order chi connectivity index (χ1) is 6.99. The van der Waals surface area contributed by atoms with E-state index in [1.54, 1.807) is 0 Å². The Morgan fingerprint density at radius 2 is 1.80 bits per heavy atom. The number of hydrogen-bond donors (Lipinski definition) is 2. The molecule has 0 heterocycles. The van der Waals surface area contributed by atoms with E-state index in [2.05, 4.69) is 15.6 Å². The molecule has 0 aliphatic heterocycles. The van der Waals surface area contributed by atoms with Gasteiger partial charge < -0.3 is 10.6 Å². The van der Waals surface area contributed by atoms with E-state index in [4.69, 9.17) is 0 Å². The maximum absolute atomic E-state index is 11.8. The third-order valence-corrected chi connectivity index (χ3v) is 1.75. The molecule has 0 amide bonds. The lowest BCUT2D eigenvalue weighted by atomic mass is 10.3. The molecule has 0 aromatic rings. The van der Waals surface area contributed by atoms with Crippen molar-refractivity contribution >= 4 is 5.96 Å². The molecule has 0 radical (unpaired) electrons. The second kappa shape index (κ2) is 7.36. The fourth-order valence-corrected chi connectivity index (χ4v) is 0.927. The van der Waals surface area contributed by atoms with Crippen LogP contribution in [-0.4, -0.2) is 32.3 Å². The third-order valence-electron chi connectivity index (χ3n) is 1.75. The third kappa shape index (κ3) is 9.37. The van der Waals surface area contributed by atoms with Crippen LogP contribution in [0.4, 0.5) is 13.2 Å². The second-order valence-corrected chi connectivity index (χ2v) is 3.14. The van der Waals surface area contributed by atoms with Crippen molar-refractivity contribution in [3.8, 4) is 0 Å². The van der Waals surface area contributed by atoms with Gasteiger partial charge >= 0.3 is 6.18 Å². The lowest BCUT2D eigenvalue weighted by molar-refractivity contribution is -0.132. The van der Waals surface area contributed by atoms with Crippen molar-refractivity contribution in [3.05, 3.63) is 0 Å². The maximum Gasteiger partial charge on any atom is 0.390 e. The van der Waals surface area contributed by atoms with E-state index >= 15 is 0 Å². The smallest absolute Gasteiger partial charge is 0.356 e.